The van der Waals surface area contributed by atoms with Gasteiger partial charge in [0.15, 0.2) is 6.10 Å². The van der Waals surface area contributed by atoms with Gasteiger partial charge in [0.1, 0.15) is 18.1 Å². The number of imide groups is 1. The van der Waals surface area contributed by atoms with Crippen LogP contribution < -0.4 is 19.7 Å². The lowest BCUT2D eigenvalue weighted by Crippen LogP contribution is -2.46. The molecule has 0 saturated heterocycles. The number of hydrogen-bond donors (Lipinski definition) is 1. The Labute approximate surface area is 226 Å². The molecule has 1 atom stereocenters. The van der Waals surface area contributed by atoms with Gasteiger partial charge in [0.05, 0.1) is 23.4 Å². The van der Waals surface area contributed by atoms with Crippen molar-refractivity contribution in [3.8, 4) is 11.5 Å². The van der Waals surface area contributed by atoms with E-state index in [4.69, 9.17) is 9.47 Å². The predicted molar refractivity (Wildman–Crippen MR) is 145 cm³/mol. The molecular weight excluding hydrogens is 498 g/mol. The van der Waals surface area contributed by atoms with Crippen molar-refractivity contribution in [1.82, 2.24) is 4.90 Å². The Bertz CT molecular complexity index is 1420. The molecule has 39 heavy (non-hydrogen) atoms. The zero-order chi connectivity index (χ0) is 27.5. The number of anilines is 2. The largest absolute Gasteiger partial charge is 0.492 e. The molecule has 1 N–H and O–H groups in total. The summed E-state index contributed by atoms with van der Waals surface area (Å²) in [6.07, 6.45) is -0.200. The lowest BCUT2D eigenvalue weighted by molar-refractivity contribution is -0.125. The number of aryl methyl sites for hydroxylation is 1. The number of rotatable bonds is 9. The van der Waals surface area contributed by atoms with E-state index < -0.39 is 6.10 Å². The third-order valence-electron chi connectivity index (χ3n) is 6.69. The van der Waals surface area contributed by atoms with Crippen LogP contribution in [0.5, 0.6) is 11.5 Å². The van der Waals surface area contributed by atoms with Crippen molar-refractivity contribution in [2.24, 2.45) is 0 Å². The van der Waals surface area contributed by atoms with Gasteiger partial charge in [-0.25, -0.2) is 0 Å². The minimum atomic E-state index is -0.640. The van der Waals surface area contributed by atoms with Gasteiger partial charge in [-0.05, 0) is 68.3 Å². The van der Waals surface area contributed by atoms with Crippen molar-refractivity contribution in [3.05, 3.63) is 83.4 Å². The fourth-order valence-corrected chi connectivity index (χ4v) is 4.74. The highest BCUT2D eigenvalue weighted by Gasteiger charge is 2.35. The maximum Gasteiger partial charge on any atom is 0.267 e. The zero-order valence-electron chi connectivity index (χ0n) is 21.8. The highest BCUT2D eigenvalue weighted by Crippen LogP contribution is 2.36. The molecule has 0 fully saturated rings. The molecule has 2 heterocycles. The smallest absolute Gasteiger partial charge is 0.267 e. The minimum absolute atomic E-state index is 0.116. The second-order valence-electron chi connectivity index (χ2n) is 9.56. The second-order valence-corrected chi connectivity index (χ2v) is 9.56. The zero-order valence-corrected chi connectivity index (χ0v) is 21.8. The Morgan fingerprint density at radius 3 is 2.38 bits per heavy atom. The Morgan fingerprint density at radius 1 is 0.923 bits per heavy atom. The van der Waals surface area contributed by atoms with Crippen LogP contribution in [0.1, 0.15) is 46.0 Å². The second kappa shape index (κ2) is 11.0. The first-order valence-corrected chi connectivity index (χ1v) is 12.9. The molecule has 2 aliphatic heterocycles. The van der Waals surface area contributed by atoms with Gasteiger partial charge >= 0.3 is 0 Å². The molecule has 3 aromatic rings. The number of hydrogen-bond acceptors (Lipinski definition) is 6. The van der Waals surface area contributed by atoms with E-state index in [2.05, 4.69) is 5.32 Å². The Kier molecular flexibility index (Phi) is 7.31. The van der Waals surface area contributed by atoms with Crippen LogP contribution in [0.2, 0.25) is 0 Å². The first-order chi connectivity index (χ1) is 18.8. The fraction of sp³-hybridized carbons (Fsp3) is 0.267. The van der Waals surface area contributed by atoms with Crippen LogP contribution in [0.15, 0.2) is 66.7 Å². The number of ether oxygens (including phenoxy) is 2. The summed E-state index contributed by atoms with van der Waals surface area (Å²) in [6, 6.07) is 19.5. The van der Waals surface area contributed by atoms with E-state index in [1.54, 1.807) is 54.3 Å². The summed E-state index contributed by atoms with van der Waals surface area (Å²) in [5.41, 5.74) is 2.92. The van der Waals surface area contributed by atoms with E-state index in [1.165, 1.54) is 4.90 Å². The molecule has 0 spiro atoms. The molecule has 2 aliphatic rings. The average Bonchev–Trinajstić information content (AvgIpc) is 3.16. The van der Waals surface area contributed by atoms with E-state index in [1.807, 2.05) is 31.2 Å². The van der Waals surface area contributed by atoms with Crippen LogP contribution in [-0.2, 0) is 9.59 Å². The van der Waals surface area contributed by atoms with Gasteiger partial charge < -0.3 is 19.7 Å². The van der Waals surface area contributed by atoms with Crippen LogP contribution in [0.3, 0.4) is 0 Å². The van der Waals surface area contributed by atoms with Gasteiger partial charge in [-0.3, -0.25) is 24.1 Å². The van der Waals surface area contributed by atoms with E-state index in [0.29, 0.717) is 41.2 Å². The lowest BCUT2D eigenvalue weighted by Gasteiger charge is -2.33. The van der Waals surface area contributed by atoms with Gasteiger partial charge in [-0.15, -0.1) is 0 Å². The molecule has 9 nitrogen and oxygen atoms in total. The summed E-state index contributed by atoms with van der Waals surface area (Å²) in [5.74, 6) is 0.136. The molecule has 200 valence electrons. The minimum Gasteiger partial charge on any atom is -0.492 e. The van der Waals surface area contributed by atoms with Gasteiger partial charge in [0.25, 0.3) is 17.7 Å². The standard InChI is InChI=1S/C30H29N3O6/c1-19-7-5-8-22(17-19)38-16-15-32-25-18-21(12-13-26(25)39-20(2)28(32)35)31-27(34)11-6-14-33-29(36)23-9-3-4-10-24(23)30(33)37/h3-5,7-10,12-13,17-18,20H,6,11,14-16H2,1-2H3,(H,31,34). The molecule has 0 radical (unpaired) electrons. The maximum atomic E-state index is 12.9. The number of carbonyl (C=O) groups is 4. The van der Waals surface area contributed by atoms with Gasteiger partial charge in [-0.1, -0.05) is 24.3 Å². The molecule has 0 aliphatic carbocycles. The highest BCUT2D eigenvalue weighted by molar-refractivity contribution is 6.21. The Balaban J connectivity index is 1.19. The highest BCUT2D eigenvalue weighted by atomic mass is 16.5. The van der Waals surface area contributed by atoms with E-state index in [0.717, 1.165) is 11.3 Å². The van der Waals surface area contributed by atoms with Crippen molar-refractivity contribution < 1.29 is 28.7 Å². The van der Waals surface area contributed by atoms with Crippen molar-refractivity contribution in [3.63, 3.8) is 0 Å². The van der Waals surface area contributed by atoms with Crippen LogP contribution in [0.4, 0.5) is 11.4 Å². The molecule has 0 bridgehead atoms. The third kappa shape index (κ3) is 5.47. The normalized spacial score (nSPS) is 16.1. The summed E-state index contributed by atoms with van der Waals surface area (Å²) in [5, 5.41) is 2.84. The number of nitrogens with one attached hydrogen (secondary N) is 1. The quantitative estimate of drug-likeness (QED) is 0.418. The third-order valence-corrected chi connectivity index (χ3v) is 6.69. The Hall–Kier alpha value is -4.66. The summed E-state index contributed by atoms with van der Waals surface area (Å²) < 4.78 is 11.6. The molecular formula is C30H29N3O6. The lowest BCUT2D eigenvalue weighted by atomic mass is 10.1. The van der Waals surface area contributed by atoms with Crippen LogP contribution in [0.25, 0.3) is 0 Å². The van der Waals surface area contributed by atoms with Crippen LogP contribution in [0, 0.1) is 6.92 Å². The van der Waals surface area contributed by atoms with Crippen molar-refractivity contribution in [2.45, 2.75) is 32.8 Å². The number of amides is 4. The van der Waals surface area contributed by atoms with Gasteiger partial charge in [-0.2, -0.15) is 0 Å². The summed E-state index contributed by atoms with van der Waals surface area (Å²) in [7, 11) is 0. The maximum absolute atomic E-state index is 12.9. The van der Waals surface area contributed by atoms with E-state index in [-0.39, 0.29) is 43.2 Å². The van der Waals surface area contributed by atoms with E-state index in [9.17, 15) is 19.2 Å². The number of carbonyl (C=O) groups excluding carboxylic acids is 4. The van der Waals surface area contributed by atoms with Crippen molar-refractivity contribution in [2.75, 3.05) is 29.9 Å². The first kappa shape index (κ1) is 26.0. The monoisotopic (exact) mass is 527 g/mol. The summed E-state index contributed by atoms with van der Waals surface area (Å²) in [6.45, 7) is 4.43. The topological polar surface area (TPSA) is 105 Å². The number of nitrogens with zero attached hydrogens (tertiary/aromatic N) is 2. The SMILES string of the molecule is Cc1cccc(OCCN2C(=O)C(C)Oc3ccc(NC(=O)CCCN4C(=O)c5ccccc5C4=O)cc32)c1. The van der Waals surface area contributed by atoms with Gasteiger partial charge in [0, 0.05) is 18.7 Å². The Morgan fingerprint density at radius 2 is 1.67 bits per heavy atom. The van der Waals surface area contributed by atoms with Crippen molar-refractivity contribution in [1.29, 1.82) is 0 Å². The van der Waals surface area contributed by atoms with E-state index >= 15 is 0 Å². The molecule has 0 aromatic heterocycles. The fourth-order valence-electron chi connectivity index (χ4n) is 4.74. The molecule has 5 rings (SSSR count). The number of fused-ring (bicyclic) bond motifs is 2. The predicted octanol–water partition coefficient (Wildman–Crippen LogP) is 4.20. The molecule has 1 unspecified atom stereocenters. The first-order valence-electron chi connectivity index (χ1n) is 12.9. The van der Waals surface area contributed by atoms with Crippen LogP contribution in [-0.4, -0.2) is 54.3 Å². The molecule has 4 amide bonds. The molecule has 9 heteroatoms. The number of benzene rings is 3. The molecule has 0 saturated carbocycles. The van der Waals surface area contributed by atoms with Crippen molar-refractivity contribution >= 4 is 35.0 Å². The molecule has 3 aromatic carbocycles. The average molecular weight is 528 g/mol. The van der Waals surface area contributed by atoms with Gasteiger partial charge in [0.2, 0.25) is 5.91 Å². The summed E-state index contributed by atoms with van der Waals surface area (Å²) >= 11 is 0. The summed E-state index contributed by atoms with van der Waals surface area (Å²) in [4.78, 5) is 53.4. The van der Waals surface area contributed by atoms with Crippen LogP contribution >= 0.6 is 0 Å².